The number of nitrogens with two attached hydrogens (primary N) is 1. The second kappa shape index (κ2) is 8.79. The quantitative estimate of drug-likeness (QED) is 0.425. The first-order valence-electron chi connectivity index (χ1n) is 10.5. The Morgan fingerprint density at radius 3 is 2.58 bits per heavy atom. The number of carbonyl (C=O) groups excluding carboxylic acids is 1. The van der Waals surface area contributed by atoms with Crippen LogP contribution in [0.2, 0.25) is 0 Å². The number of H-pyrrole nitrogens is 1. The number of hydrogen-bond acceptors (Lipinski definition) is 8. The summed E-state index contributed by atoms with van der Waals surface area (Å²) in [5, 5.41) is 11.0. The molecule has 4 N–H and O–H groups in total. The lowest BCUT2D eigenvalue weighted by Crippen LogP contribution is -2.48. The van der Waals surface area contributed by atoms with Crippen molar-refractivity contribution in [2.75, 3.05) is 37.2 Å². The zero-order chi connectivity index (χ0) is 22.8. The number of aromatic amines is 1. The monoisotopic (exact) mass is 447 g/mol. The minimum absolute atomic E-state index is 0.0812. The number of carbonyl (C=O) groups is 1. The predicted molar refractivity (Wildman–Crippen MR) is 121 cm³/mol. The highest BCUT2D eigenvalue weighted by molar-refractivity contribution is 6.04. The van der Waals surface area contributed by atoms with E-state index >= 15 is 0 Å². The fraction of sp³-hybridized carbons (Fsp3) is 0.227. The molecule has 1 amide bonds. The maximum atomic E-state index is 13.1. The summed E-state index contributed by atoms with van der Waals surface area (Å²) in [7, 11) is 0. The van der Waals surface area contributed by atoms with Crippen molar-refractivity contribution in [3.63, 3.8) is 0 Å². The molecule has 1 fully saturated rings. The van der Waals surface area contributed by atoms with Gasteiger partial charge in [-0.3, -0.25) is 14.8 Å². The van der Waals surface area contributed by atoms with E-state index in [1.807, 2.05) is 29.2 Å². The van der Waals surface area contributed by atoms with E-state index in [1.54, 1.807) is 12.1 Å². The molecule has 0 unspecified atom stereocenters. The van der Waals surface area contributed by atoms with Gasteiger partial charge < -0.3 is 16.0 Å². The van der Waals surface area contributed by atoms with E-state index in [9.17, 15) is 9.18 Å². The molecule has 2 aromatic carbocycles. The molecule has 168 valence electrons. The van der Waals surface area contributed by atoms with Crippen molar-refractivity contribution in [3.8, 4) is 0 Å². The Kier molecular flexibility index (Phi) is 5.53. The zero-order valence-electron chi connectivity index (χ0n) is 17.7. The van der Waals surface area contributed by atoms with Crippen molar-refractivity contribution in [1.82, 2.24) is 34.9 Å². The Morgan fingerprint density at radius 2 is 1.79 bits per heavy atom. The molecule has 0 saturated carbocycles. The fourth-order valence-corrected chi connectivity index (χ4v) is 3.81. The van der Waals surface area contributed by atoms with Gasteiger partial charge in [-0.25, -0.2) is 4.39 Å². The fourth-order valence-electron chi connectivity index (χ4n) is 3.81. The van der Waals surface area contributed by atoms with Gasteiger partial charge in [0.2, 0.25) is 11.9 Å². The van der Waals surface area contributed by atoms with Gasteiger partial charge in [-0.2, -0.15) is 20.1 Å². The van der Waals surface area contributed by atoms with Gasteiger partial charge in [-0.15, -0.1) is 0 Å². The topological polar surface area (TPSA) is 129 Å². The maximum Gasteiger partial charge on any atom is 0.275 e. The average molecular weight is 447 g/mol. The maximum absolute atomic E-state index is 13.1. The Morgan fingerprint density at radius 1 is 1.03 bits per heavy atom. The largest absolute Gasteiger partial charge is 0.368 e. The van der Waals surface area contributed by atoms with Crippen LogP contribution in [0.4, 0.5) is 22.0 Å². The molecule has 5 rings (SSSR count). The lowest BCUT2D eigenvalue weighted by molar-refractivity contribution is 0.0621. The molecule has 2 aromatic heterocycles. The van der Waals surface area contributed by atoms with Crippen molar-refractivity contribution in [2.45, 2.75) is 6.54 Å². The second-order valence-corrected chi connectivity index (χ2v) is 7.75. The van der Waals surface area contributed by atoms with Gasteiger partial charge in [0.15, 0.2) is 5.69 Å². The van der Waals surface area contributed by atoms with Crippen molar-refractivity contribution < 1.29 is 9.18 Å². The van der Waals surface area contributed by atoms with Gasteiger partial charge in [0, 0.05) is 37.3 Å². The van der Waals surface area contributed by atoms with Crippen LogP contribution >= 0.6 is 0 Å². The van der Waals surface area contributed by atoms with Gasteiger partial charge in [0.05, 0.1) is 12.1 Å². The van der Waals surface area contributed by atoms with Crippen molar-refractivity contribution in [1.29, 1.82) is 0 Å². The lowest BCUT2D eigenvalue weighted by atomic mass is 10.2. The van der Waals surface area contributed by atoms with Gasteiger partial charge in [0.1, 0.15) is 11.6 Å². The van der Waals surface area contributed by atoms with Crippen molar-refractivity contribution in [2.24, 2.45) is 0 Å². The Balaban J connectivity index is 1.21. The number of rotatable bonds is 5. The molecular formula is C22H22FN9O. The molecular weight excluding hydrogens is 425 g/mol. The van der Waals surface area contributed by atoms with Gasteiger partial charge in [0.25, 0.3) is 5.91 Å². The summed E-state index contributed by atoms with van der Waals surface area (Å²) in [4.78, 5) is 29.7. The summed E-state index contributed by atoms with van der Waals surface area (Å²) in [5.41, 5.74) is 7.79. The lowest BCUT2D eigenvalue weighted by Gasteiger charge is -2.34. The number of anilines is 3. The third-order valence-electron chi connectivity index (χ3n) is 5.50. The standard InChI is InChI=1S/C22H22FN9O/c23-14-5-7-15(8-6-14)25-22-27-18(26-21(24)28-22)13-31-9-11-32(12-10-31)20(33)19-16-3-1-2-4-17(16)29-30-19/h1-8H,9-13H2,(H,29,30)(H3,24,25,26,27,28). The molecule has 0 spiro atoms. The molecule has 33 heavy (non-hydrogen) atoms. The van der Waals surface area contributed by atoms with Crippen LogP contribution in [-0.2, 0) is 6.54 Å². The molecule has 0 atom stereocenters. The first-order chi connectivity index (χ1) is 16.0. The van der Waals surface area contributed by atoms with Crippen molar-refractivity contribution in [3.05, 3.63) is 65.9 Å². The molecule has 3 heterocycles. The predicted octanol–water partition coefficient (Wildman–Crippen LogP) is 2.17. The summed E-state index contributed by atoms with van der Waals surface area (Å²) in [6.45, 7) is 2.95. The molecule has 1 aliphatic rings. The summed E-state index contributed by atoms with van der Waals surface area (Å²) < 4.78 is 13.1. The van der Waals surface area contributed by atoms with Gasteiger partial charge in [-0.05, 0) is 30.3 Å². The molecule has 0 radical (unpaired) electrons. The van der Waals surface area contributed by atoms with Crippen LogP contribution in [0.5, 0.6) is 0 Å². The van der Waals surface area contributed by atoms with Crippen LogP contribution in [0, 0.1) is 5.82 Å². The van der Waals surface area contributed by atoms with Crippen LogP contribution < -0.4 is 11.1 Å². The van der Waals surface area contributed by atoms with E-state index in [0.29, 0.717) is 55.9 Å². The average Bonchev–Trinajstić information content (AvgIpc) is 3.24. The van der Waals surface area contributed by atoms with Gasteiger partial charge >= 0.3 is 0 Å². The van der Waals surface area contributed by atoms with Crippen LogP contribution in [0.15, 0.2) is 48.5 Å². The normalized spacial score (nSPS) is 14.5. The second-order valence-electron chi connectivity index (χ2n) is 7.75. The van der Waals surface area contributed by atoms with Crippen LogP contribution in [0.3, 0.4) is 0 Å². The molecule has 1 saturated heterocycles. The van der Waals surface area contributed by atoms with Crippen LogP contribution in [-0.4, -0.2) is 67.0 Å². The number of halogens is 1. The number of fused-ring (bicyclic) bond motifs is 1. The third-order valence-corrected chi connectivity index (χ3v) is 5.50. The van der Waals surface area contributed by atoms with Crippen LogP contribution in [0.1, 0.15) is 16.3 Å². The number of hydrogen-bond donors (Lipinski definition) is 3. The Hall–Kier alpha value is -4.12. The summed E-state index contributed by atoms with van der Waals surface area (Å²) in [6, 6.07) is 13.5. The zero-order valence-corrected chi connectivity index (χ0v) is 17.7. The molecule has 11 heteroatoms. The molecule has 0 aliphatic carbocycles. The number of amides is 1. The number of benzene rings is 2. The number of aromatic nitrogens is 5. The van der Waals surface area contributed by atoms with Crippen molar-refractivity contribution >= 4 is 34.4 Å². The van der Waals surface area contributed by atoms with E-state index in [4.69, 9.17) is 5.73 Å². The van der Waals surface area contributed by atoms with E-state index in [2.05, 4.69) is 35.4 Å². The molecule has 1 aliphatic heterocycles. The van der Waals surface area contributed by atoms with Gasteiger partial charge in [-0.1, -0.05) is 18.2 Å². The Labute approximate surface area is 188 Å². The summed E-state index contributed by atoms with van der Waals surface area (Å²) >= 11 is 0. The first kappa shape index (κ1) is 20.8. The number of nitrogens with zero attached hydrogens (tertiary/aromatic N) is 6. The van der Waals surface area contributed by atoms with E-state index in [1.165, 1.54) is 12.1 Å². The molecule has 4 aromatic rings. The summed E-state index contributed by atoms with van der Waals surface area (Å²) in [6.07, 6.45) is 0. The number of nitrogens with one attached hydrogen (secondary N) is 2. The highest BCUT2D eigenvalue weighted by Gasteiger charge is 2.25. The number of piperazine rings is 1. The minimum atomic E-state index is -0.325. The highest BCUT2D eigenvalue weighted by atomic mass is 19.1. The van der Waals surface area contributed by atoms with Crippen LogP contribution in [0.25, 0.3) is 10.9 Å². The SMILES string of the molecule is Nc1nc(CN2CCN(C(=O)c3n[nH]c4ccccc34)CC2)nc(Nc2ccc(F)cc2)n1. The van der Waals surface area contributed by atoms with E-state index in [-0.39, 0.29) is 17.7 Å². The highest BCUT2D eigenvalue weighted by Crippen LogP contribution is 2.19. The number of nitrogen functional groups attached to an aromatic ring is 1. The van der Waals surface area contributed by atoms with E-state index < -0.39 is 0 Å². The molecule has 0 bridgehead atoms. The Bertz CT molecular complexity index is 1280. The first-order valence-corrected chi connectivity index (χ1v) is 10.5. The van der Waals surface area contributed by atoms with E-state index in [0.717, 1.165) is 10.9 Å². The molecule has 10 nitrogen and oxygen atoms in total. The number of para-hydroxylation sites is 1. The smallest absolute Gasteiger partial charge is 0.275 e. The minimum Gasteiger partial charge on any atom is -0.368 e. The third kappa shape index (κ3) is 4.58. The summed E-state index contributed by atoms with van der Waals surface area (Å²) in [5.74, 6) is 0.508.